The van der Waals surface area contributed by atoms with Gasteiger partial charge in [0.25, 0.3) is 0 Å². The van der Waals surface area contributed by atoms with Gasteiger partial charge in [-0.3, -0.25) is 4.79 Å². The zero-order valence-electron chi connectivity index (χ0n) is 7.89. The summed E-state index contributed by atoms with van der Waals surface area (Å²) < 4.78 is 0. The van der Waals surface area contributed by atoms with Crippen molar-refractivity contribution in [1.29, 1.82) is 0 Å². The van der Waals surface area contributed by atoms with Crippen LogP contribution in [0.4, 0.5) is 0 Å². The molecule has 2 nitrogen and oxygen atoms in total. The van der Waals surface area contributed by atoms with Crippen LogP contribution in [0, 0.1) is 16.7 Å². The highest BCUT2D eigenvalue weighted by Crippen LogP contribution is 2.65. The minimum Gasteiger partial charge on any atom is -0.369 e. The smallest absolute Gasteiger partial charge is 0.224 e. The number of carbonyl (C=O) groups excluding carboxylic acids is 1. The Morgan fingerprint density at radius 3 is 2.00 bits per heavy atom. The van der Waals surface area contributed by atoms with E-state index in [-0.39, 0.29) is 16.7 Å². The topological polar surface area (TPSA) is 43.1 Å². The predicted molar refractivity (Wildman–Crippen MR) is 47.4 cm³/mol. The molecule has 0 saturated heterocycles. The monoisotopic (exact) mass is 167 g/mol. The molecule has 1 amide bonds. The number of rotatable bonds is 1. The first-order valence-electron chi connectivity index (χ1n) is 4.81. The van der Waals surface area contributed by atoms with Gasteiger partial charge in [0.15, 0.2) is 0 Å². The highest BCUT2D eigenvalue weighted by molar-refractivity contribution is 5.82. The van der Waals surface area contributed by atoms with E-state index in [1.807, 2.05) is 0 Å². The number of amides is 1. The Balaban J connectivity index is 2.43. The van der Waals surface area contributed by atoms with Crippen LogP contribution in [0.2, 0.25) is 0 Å². The van der Waals surface area contributed by atoms with Crippen molar-refractivity contribution in [3.05, 3.63) is 0 Å². The van der Waals surface area contributed by atoms with Crippen LogP contribution in [0.25, 0.3) is 0 Å². The van der Waals surface area contributed by atoms with Gasteiger partial charge in [0.1, 0.15) is 0 Å². The quantitative estimate of drug-likeness (QED) is 0.634. The van der Waals surface area contributed by atoms with Crippen molar-refractivity contribution in [2.75, 3.05) is 0 Å². The Morgan fingerprint density at radius 1 is 1.33 bits per heavy atom. The molecule has 0 spiro atoms. The van der Waals surface area contributed by atoms with Gasteiger partial charge in [-0.05, 0) is 43.9 Å². The van der Waals surface area contributed by atoms with Crippen molar-refractivity contribution in [2.45, 2.75) is 39.5 Å². The van der Waals surface area contributed by atoms with Crippen LogP contribution in [-0.4, -0.2) is 5.91 Å². The fraction of sp³-hybridized carbons (Fsp3) is 0.900. The van der Waals surface area contributed by atoms with Gasteiger partial charge in [-0.2, -0.15) is 0 Å². The van der Waals surface area contributed by atoms with E-state index < -0.39 is 0 Å². The highest BCUT2D eigenvalue weighted by atomic mass is 16.1. The molecule has 2 rings (SSSR count). The summed E-state index contributed by atoms with van der Waals surface area (Å²) in [5.74, 6) is 0.491. The van der Waals surface area contributed by atoms with E-state index in [1.165, 1.54) is 25.7 Å². The molecule has 2 bridgehead atoms. The molecule has 1 unspecified atom stereocenters. The average Bonchev–Trinajstić information content (AvgIpc) is 2.40. The molecule has 2 aliphatic carbocycles. The molecule has 1 atom stereocenters. The van der Waals surface area contributed by atoms with E-state index in [0.29, 0.717) is 5.92 Å². The molecule has 0 radical (unpaired) electrons. The normalized spacial score (nSPS) is 51.3. The van der Waals surface area contributed by atoms with Crippen molar-refractivity contribution >= 4 is 5.91 Å². The van der Waals surface area contributed by atoms with Gasteiger partial charge in [0.05, 0.1) is 5.41 Å². The summed E-state index contributed by atoms with van der Waals surface area (Å²) in [5, 5.41) is 0. The van der Waals surface area contributed by atoms with Gasteiger partial charge >= 0.3 is 0 Å². The van der Waals surface area contributed by atoms with E-state index in [9.17, 15) is 4.79 Å². The van der Waals surface area contributed by atoms with Crippen molar-refractivity contribution in [3.63, 3.8) is 0 Å². The maximum absolute atomic E-state index is 11.4. The van der Waals surface area contributed by atoms with E-state index in [1.54, 1.807) is 0 Å². The zero-order chi connectivity index (χ0) is 8.98. The molecule has 0 aliphatic heterocycles. The zero-order valence-corrected chi connectivity index (χ0v) is 7.89. The minimum atomic E-state index is -0.201. The first-order chi connectivity index (χ1) is 5.51. The summed E-state index contributed by atoms with van der Waals surface area (Å²) in [7, 11) is 0. The molecule has 0 aromatic rings. The number of fused-ring (bicyclic) bond motifs is 2. The summed E-state index contributed by atoms with van der Waals surface area (Å²) in [5.41, 5.74) is 5.51. The Bertz CT molecular complexity index is 228. The van der Waals surface area contributed by atoms with Crippen LogP contribution in [-0.2, 0) is 4.79 Å². The van der Waals surface area contributed by atoms with Gasteiger partial charge in [-0.1, -0.05) is 6.92 Å². The molecule has 0 aromatic carbocycles. The van der Waals surface area contributed by atoms with E-state index in [0.717, 1.165) is 0 Å². The van der Waals surface area contributed by atoms with E-state index in [4.69, 9.17) is 5.73 Å². The van der Waals surface area contributed by atoms with Crippen LogP contribution < -0.4 is 5.73 Å². The lowest BCUT2D eigenvalue weighted by atomic mass is 9.69. The Labute approximate surface area is 73.5 Å². The molecule has 0 heterocycles. The molecule has 2 saturated carbocycles. The Morgan fingerprint density at radius 2 is 1.83 bits per heavy atom. The van der Waals surface area contributed by atoms with Gasteiger partial charge in [-0.25, -0.2) is 0 Å². The van der Waals surface area contributed by atoms with Gasteiger partial charge in [0.2, 0.25) is 5.91 Å². The van der Waals surface area contributed by atoms with E-state index >= 15 is 0 Å². The Hall–Kier alpha value is -0.530. The number of carbonyl (C=O) groups is 1. The largest absolute Gasteiger partial charge is 0.369 e. The molecule has 2 heteroatoms. The molecule has 2 aliphatic rings. The molecular formula is C10H17NO. The molecule has 0 aromatic heterocycles. The van der Waals surface area contributed by atoms with Gasteiger partial charge in [-0.15, -0.1) is 0 Å². The maximum Gasteiger partial charge on any atom is 0.224 e. The first-order valence-corrected chi connectivity index (χ1v) is 4.81. The first kappa shape index (κ1) is 8.09. The fourth-order valence-corrected chi connectivity index (χ4v) is 3.34. The second-order valence-corrected chi connectivity index (χ2v) is 4.90. The fourth-order valence-electron chi connectivity index (χ4n) is 3.34. The second-order valence-electron chi connectivity index (χ2n) is 4.90. The van der Waals surface area contributed by atoms with Crippen molar-refractivity contribution in [1.82, 2.24) is 0 Å². The third kappa shape index (κ3) is 0.644. The molecule has 12 heavy (non-hydrogen) atoms. The number of nitrogens with two attached hydrogens (primary N) is 1. The molecule has 2 fully saturated rings. The summed E-state index contributed by atoms with van der Waals surface area (Å²) in [6.45, 7) is 4.30. The SMILES string of the molecule is CC12CCC(CC1)C2(C)C(N)=O. The summed E-state index contributed by atoms with van der Waals surface area (Å²) in [6, 6.07) is 0. The maximum atomic E-state index is 11.4. The second kappa shape index (κ2) is 2.04. The van der Waals surface area contributed by atoms with Crippen molar-refractivity contribution in [3.8, 4) is 0 Å². The number of hydrogen-bond acceptors (Lipinski definition) is 1. The van der Waals surface area contributed by atoms with Crippen LogP contribution >= 0.6 is 0 Å². The van der Waals surface area contributed by atoms with E-state index in [2.05, 4.69) is 13.8 Å². The summed E-state index contributed by atoms with van der Waals surface area (Å²) in [4.78, 5) is 11.4. The van der Waals surface area contributed by atoms with Crippen LogP contribution in [0.3, 0.4) is 0 Å². The van der Waals surface area contributed by atoms with Crippen LogP contribution in [0.15, 0.2) is 0 Å². The summed E-state index contributed by atoms with van der Waals surface area (Å²) in [6.07, 6.45) is 4.79. The molecular weight excluding hydrogens is 150 g/mol. The van der Waals surface area contributed by atoms with Gasteiger partial charge in [0, 0.05) is 0 Å². The lowest BCUT2D eigenvalue weighted by Crippen LogP contribution is -2.43. The Kier molecular flexibility index (Phi) is 1.37. The molecule has 2 N–H and O–H groups in total. The predicted octanol–water partition coefficient (Wildman–Crippen LogP) is 1.69. The lowest BCUT2D eigenvalue weighted by molar-refractivity contribution is -0.132. The number of primary amides is 1. The standard InChI is InChI=1S/C10H17NO/c1-9-5-3-7(4-6-9)10(9,2)8(11)12/h7H,3-6H2,1-2H3,(H2,11,12). The highest BCUT2D eigenvalue weighted by Gasteiger charge is 2.61. The summed E-state index contributed by atoms with van der Waals surface area (Å²) >= 11 is 0. The third-order valence-electron chi connectivity index (χ3n) is 4.67. The van der Waals surface area contributed by atoms with Crippen LogP contribution in [0.5, 0.6) is 0 Å². The minimum absolute atomic E-state index is 0.0787. The lowest BCUT2D eigenvalue weighted by Gasteiger charge is -2.34. The van der Waals surface area contributed by atoms with Gasteiger partial charge < -0.3 is 5.73 Å². The van der Waals surface area contributed by atoms with Crippen LogP contribution in [0.1, 0.15) is 39.5 Å². The number of hydrogen-bond donors (Lipinski definition) is 1. The third-order valence-corrected chi connectivity index (χ3v) is 4.67. The average molecular weight is 167 g/mol. The van der Waals surface area contributed by atoms with Crippen molar-refractivity contribution in [2.24, 2.45) is 22.5 Å². The van der Waals surface area contributed by atoms with Crippen molar-refractivity contribution < 1.29 is 4.79 Å². The molecule has 68 valence electrons.